The van der Waals surface area contributed by atoms with Crippen LogP contribution in [0.15, 0.2) is 28.7 Å². The van der Waals surface area contributed by atoms with E-state index in [2.05, 4.69) is 46.8 Å². The molecule has 4 nitrogen and oxygen atoms in total. The molecule has 2 unspecified atom stereocenters. The number of halogens is 1. The van der Waals surface area contributed by atoms with Gasteiger partial charge in [0.15, 0.2) is 0 Å². The number of nitrogens with zero attached hydrogens (tertiary/aromatic N) is 1. The standard InChI is InChI=1S/C16H25BrN2O2/c1-16(2)11-19(9-14(10-20)21-16)7-6-15(18)12-4-3-5-13(17)8-12/h3-5,8,14-15,20H,6-7,9-11,18H2,1-2H3. The van der Waals surface area contributed by atoms with Gasteiger partial charge in [0.05, 0.1) is 18.3 Å². The minimum Gasteiger partial charge on any atom is -0.394 e. The zero-order valence-corrected chi connectivity index (χ0v) is 14.3. The SMILES string of the molecule is CC1(C)CN(CCC(N)c2cccc(Br)c2)CC(CO)O1. The molecule has 0 bridgehead atoms. The minimum atomic E-state index is -0.217. The van der Waals surface area contributed by atoms with Gasteiger partial charge in [0.2, 0.25) is 0 Å². The van der Waals surface area contributed by atoms with Gasteiger partial charge in [-0.2, -0.15) is 0 Å². The maximum atomic E-state index is 9.35. The number of rotatable bonds is 5. The Morgan fingerprint density at radius 1 is 1.52 bits per heavy atom. The molecule has 21 heavy (non-hydrogen) atoms. The molecule has 1 saturated heterocycles. The topological polar surface area (TPSA) is 58.7 Å². The Kier molecular flexibility index (Phi) is 5.80. The summed E-state index contributed by atoms with van der Waals surface area (Å²) in [6, 6.07) is 8.19. The van der Waals surface area contributed by atoms with Crippen molar-refractivity contribution < 1.29 is 9.84 Å². The second-order valence-corrected chi connectivity index (χ2v) is 7.28. The van der Waals surface area contributed by atoms with Gasteiger partial charge in [0, 0.05) is 30.1 Å². The molecule has 1 aliphatic heterocycles. The van der Waals surface area contributed by atoms with Crippen LogP contribution in [0.3, 0.4) is 0 Å². The summed E-state index contributed by atoms with van der Waals surface area (Å²) < 4.78 is 6.89. The Balaban J connectivity index is 1.90. The lowest BCUT2D eigenvalue weighted by Crippen LogP contribution is -2.54. The molecule has 1 aromatic rings. The molecule has 2 rings (SSSR count). The number of aliphatic hydroxyl groups excluding tert-OH is 1. The van der Waals surface area contributed by atoms with Gasteiger partial charge in [-0.1, -0.05) is 28.1 Å². The average Bonchev–Trinajstić information content (AvgIpc) is 2.43. The fraction of sp³-hybridized carbons (Fsp3) is 0.625. The van der Waals surface area contributed by atoms with Crippen LogP contribution in [0.2, 0.25) is 0 Å². The lowest BCUT2D eigenvalue weighted by molar-refractivity contribution is -0.149. The summed E-state index contributed by atoms with van der Waals surface area (Å²) in [6.45, 7) is 6.75. The van der Waals surface area contributed by atoms with Crippen LogP contribution in [0.25, 0.3) is 0 Å². The zero-order chi connectivity index (χ0) is 15.5. The van der Waals surface area contributed by atoms with E-state index >= 15 is 0 Å². The summed E-state index contributed by atoms with van der Waals surface area (Å²) in [5.74, 6) is 0. The summed E-state index contributed by atoms with van der Waals surface area (Å²) in [7, 11) is 0. The Morgan fingerprint density at radius 3 is 2.95 bits per heavy atom. The third kappa shape index (κ3) is 5.04. The van der Waals surface area contributed by atoms with Crippen LogP contribution >= 0.6 is 15.9 Å². The quantitative estimate of drug-likeness (QED) is 0.849. The number of morpholine rings is 1. The fourth-order valence-corrected chi connectivity index (χ4v) is 3.32. The first-order valence-corrected chi connectivity index (χ1v) is 8.21. The molecule has 2 atom stereocenters. The third-order valence-electron chi connectivity index (χ3n) is 3.79. The molecular formula is C16H25BrN2O2. The first-order valence-electron chi connectivity index (χ1n) is 7.42. The Labute approximate surface area is 135 Å². The molecule has 0 aromatic heterocycles. The monoisotopic (exact) mass is 356 g/mol. The summed E-state index contributed by atoms with van der Waals surface area (Å²) in [5.41, 5.74) is 7.22. The van der Waals surface area contributed by atoms with E-state index in [9.17, 15) is 5.11 Å². The highest BCUT2D eigenvalue weighted by atomic mass is 79.9. The van der Waals surface area contributed by atoms with Crippen molar-refractivity contribution >= 4 is 15.9 Å². The highest BCUT2D eigenvalue weighted by molar-refractivity contribution is 9.10. The van der Waals surface area contributed by atoms with Crippen molar-refractivity contribution in [2.45, 2.75) is 38.0 Å². The van der Waals surface area contributed by atoms with Crippen molar-refractivity contribution in [1.82, 2.24) is 4.90 Å². The van der Waals surface area contributed by atoms with Crippen LogP contribution in [0.1, 0.15) is 31.9 Å². The van der Waals surface area contributed by atoms with E-state index in [0.717, 1.165) is 36.1 Å². The summed E-state index contributed by atoms with van der Waals surface area (Å²) in [5, 5.41) is 9.35. The molecule has 1 aliphatic rings. The minimum absolute atomic E-state index is 0.0287. The summed E-state index contributed by atoms with van der Waals surface area (Å²) >= 11 is 3.48. The van der Waals surface area contributed by atoms with E-state index < -0.39 is 0 Å². The predicted molar refractivity (Wildman–Crippen MR) is 88.2 cm³/mol. The van der Waals surface area contributed by atoms with Gasteiger partial charge in [-0.15, -0.1) is 0 Å². The highest BCUT2D eigenvalue weighted by Crippen LogP contribution is 2.23. The van der Waals surface area contributed by atoms with Crippen molar-refractivity contribution in [2.75, 3.05) is 26.2 Å². The predicted octanol–water partition coefficient (Wildman–Crippen LogP) is 2.31. The van der Waals surface area contributed by atoms with E-state index in [-0.39, 0.29) is 24.4 Å². The fourth-order valence-electron chi connectivity index (χ4n) is 2.91. The van der Waals surface area contributed by atoms with Gasteiger partial charge in [0.25, 0.3) is 0 Å². The second kappa shape index (κ2) is 7.20. The summed E-state index contributed by atoms with van der Waals surface area (Å²) in [4.78, 5) is 2.34. The van der Waals surface area contributed by atoms with Crippen molar-refractivity contribution in [1.29, 1.82) is 0 Å². The molecule has 0 radical (unpaired) electrons. The van der Waals surface area contributed by atoms with Crippen molar-refractivity contribution in [2.24, 2.45) is 5.73 Å². The second-order valence-electron chi connectivity index (χ2n) is 6.37. The first kappa shape index (κ1) is 16.9. The molecule has 1 heterocycles. The van der Waals surface area contributed by atoms with Gasteiger partial charge >= 0.3 is 0 Å². The number of aliphatic hydroxyl groups is 1. The van der Waals surface area contributed by atoms with Gasteiger partial charge in [0.1, 0.15) is 0 Å². The number of benzene rings is 1. The number of nitrogens with two attached hydrogens (primary N) is 1. The normalized spacial score (nSPS) is 24.0. The van der Waals surface area contributed by atoms with Crippen LogP contribution in [0.5, 0.6) is 0 Å². The molecule has 0 spiro atoms. The third-order valence-corrected chi connectivity index (χ3v) is 4.28. The number of hydrogen-bond acceptors (Lipinski definition) is 4. The lowest BCUT2D eigenvalue weighted by atomic mass is 10.0. The van der Waals surface area contributed by atoms with Gasteiger partial charge in [-0.3, -0.25) is 4.90 Å². The van der Waals surface area contributed by atoms with Crippen LogP contribution < -0.4 is 5.73 Å². The zero-order valence-electron chi connectivity index (χ0n) is 12.8. The molecule has 118 valence electrons. The van der Waals surface area contributed by atoms with Crippen LogP contribution in [0.4, 0.5) is 0 Å². The average molecular weight is 357 g/mol. The van der Waals surface area contributed by atoms with Gasteiger partial charge < -0.3 is 15.6 Å². The molecule has 1 aromatic carbocycles. The molecule has 0 saturated carbocycles. The van der Waals surface area contributed by atoms with Crippen molar-refractivity contribution in [3.05, 3.63) is 34.3 Å². The maximum absolute atomic E-state index is 9.35. The lowest BCUT2D eigenvalue weighted by Gasteiger charge is -2.42. The highest BCUT2D eigenvalue weighted by Gasteiger charge is 2.32. The number of hydrogen-bond donors (Lipinski definition) is 2. The molecule has 1 fully saturated rings. The molecule has 0 aliphatic carbocycles. The first-order chi connectivity index (χ1) is 9.89. The van der Waals surface area contributed by atoms with Gasteiger partial charge in [-0.25, -0.2) is 0 Å². The molecule has 0 amide bonds. The summed E-state index contributed by atoms with van der Waals surface area (Å²) in [6.07, 6.45) is 0.792. The smallest absolute Gasteiger partial charge is 0.0940 e. The van der Waals surface area contributed by atoms with Crippen LogP contribution in [-0.2, 0) is 4.74 Å². The molecule has 3 N–H and O–H groups in total. The number of ether oxygens (including phenoxy) is 1. The van der Waals surface area contributed by atoms with Gasteiger partial charge in [-0.05, 0) is 38.0 Å². The Bertz CT molecular complexity index is 467. The van der Waals surface area contributed by atoms with E-state index in [1.165, 1.54) is 0 Å². The molecule has 5 heteroatoms. The molecular weight excluding hydrogens is 332 g/mol. The van der Waals surface area contributed by atoms with Crippen LogP contribution in [-0.4, -0.2) is 48.0 Å². The van der Waals surface area contributed by atoms with Crippen LogP contribution in [0, 0.1) is 0 Å². The Hall–Kier alpha value is -0.460. The largest absolute Gasteiger partial charge is 0.394 e. The van der Waals surface area contributed by atoms with Crippen molar-refractivity contribution in [3.8, 4) is 0 Å². The van der Waals surface area contributed by atoms with E-state index in [0.29, 0.717) is 0 Å². The van der Waals surface area contributed by atoms with Crippen molar-refractivity contribution in [3.63, 3.8) is 0 Å². The maximum Gasteiger partial charge on any atom is 0.0940 e. The Morgan fingerprint density at radius 2 is 2.29 bits per heavy atom. The van der Waals surface area contributed by atoms with E-state index in [1.807, 2.05) is 12.1 Å². The van der Waals surface area contributed by atoms with E-state index in [1.54, 1.807) is 0 Å². The van der Waals surface area contributed by atoms with E-state index in [4.69, 9.17) is 10.5 Å².